The summed E-state index contributed by atoms with van der Waals surface area (Å²) in [5.41, 5.74) is 1.41. The third-order valence-electron chi connectivity index (χ3n) is 3.05. The third kappa shape index (κ3) is 2.79. The van der Waals surface area contributed by atoms with Crippen LogP contribution in [0.1, 0.15) is 18.2 Å². The molecule has 0 bridgehead atoms. The fraction of sp³-hybridized carbons (Fsp3) is 0.357. The van der Waals surface area contributed by atoms with Crippen LogP contribution in [0.25, 0.3) is 10.9 Å². The lowest BCUT2D eigenvalue weighted by atomic mass is 10.1. The molecule has 0 fully saturated rings. The highest BCUT2D eigenvalue weighted by Gasteiger charge is 2.28. The minimum atomic E-state index is -4.42. The van der Waals surface area contributed by atoms with E-state index < -0.39 is 12.8 Å². The van der Waals surface area contributed by atoms with Crippen molar-refractivity contribution in [3.05, 3.63) is 39.7 Å². The molecule has 0 aliphatic rings. The Labute approximate surface area is 113 Å². The minimum Gasteiger partial charge on any atom is -0.482 e. The van der Waals surface area contributed by atoms with Gasteiger partial charge in [-0.2, -0.15) is 13.2 Å². The number of nitrogens with one attached hydrogen (secondary N) is 1. The van der Waals surface area contributed by atoms with Crippen molar-refractivity contribution in [3.8, 4) is 5.75 Å². The van der Waals surface area contributed by atoms with Crippen LogP contribution in [0.4, 0.5) is 13.2 Å². The van der Waals surface area contributed by atoms with Crippen LogP contribution < -0.4 is 10.2 Å². The molecule has 2 aromatic rings. The van der Waals surface area contributed by atoms with Gasteiger partial charge in [0, 0.05) is 16.6 Å². The number of alkyl halides is 3. The van der Waals surface area contributed by atoms with Crippen LogP contribution in [-0.4, -0.2) is 17.8 Å². The Morgan fingerprint density at radius 3 is 2.60 bits per heavy atom. The molecule has 2 rings (SSSR count). The number of hydrogen-bond acceptors (Lipinski definition) is 2. The lowest BCUT2D eigenvalue weighted by Gasteiger charge is -2.13. The summed E-state index contributed by atoms with van der Waals surface area (Å²) in [4.78, 5) is 15.2. The Balaban J connectivity index is 2.56. The SMILES string of the molecule is CCc1c(C)[nH]c2c(OCC(F)(F)F)cccc2c1=O. The molecule has 0 amide bonds. The van der Waals surface area contributed by atoms with E-state index in [0.717, 1.165) is 0 Å². The van der Waals surface area contributed by atoms with Gasteiger partial charge in [-0.15, -0.1) is 0 Å². The predicted octanol–water partition coefficient (Wildman–Crippen LogP) is 3.34. The summed E-state index contributed by atoms with van der Waals surface area (Å²) >= 11 is 0. The smallest absolute Gasteiger partial charge is 0.422 e. The highest BCUT2D eigenvalue weighted by Crippen LogP contribution is 2.25. The molecule has 0 aliphatic heterocycles. The normalized spacial score (nSPS) is 11.8. The Morgan fingerprint density at radius 2 is 2.00 bits per heavy atom. The molecule has 108 valence electrons. The van der Waals surface area contributed by atoms with Gasteiger partial charge in [0.05, 0.1) is 5.52 Å². The molecule has 0 unspecified atom stereocenters. The van der Waals surface area contributed by atoms with Crippen LogP contribution in [0.5, 0.6) is 5.75 Å². The molecule has 1 heterocycles. The number of halogens is 3. The number of hydrogen-bond donors (Lipinski definition) is 1. The van der Waals surface area contributed by atoms with Gasteiger partial charge in [0.1, 0.15) is 5.75 Å². The number of benzene rings is 1. The van der Waals surface area contributed by atoms with E-state index in [4.69, 9.17) is 4.74 Å². The first-order valence-corrected chi connectivity index (χ1v) is 6.17. The average Bonchev–Trinajstić information content (AvgIpc) is 2.36. The first-order chi connectivity index (χ1) is 9.33. The summed E-state index contributed by atoms with van der Waals surface area (Å²) in [6.07, 6.45) is -3.86. The zero-order chi connectivity index (χ0) is 14.9. The van der Waals surface area contributed by atoms with Crippen molar-refractivity contribution in [1.29, 1.82) is 0 Å². The lowest BCUT2D eigenvalue weighted by Crippen LogP contribution is -2.20. The van der Waals surface area contributed by atoms with Crippen molar-refractivity contribution >= 4 is 10.9 Å². The van der Waals surface area contributed by atoms with Crippen LogP contribution in [-0.2, 0) is 6.42 Å². The number of fused-ring (bicyclic) bond motifs is 1. The molecule has 1 aromatic heterocycles. The molecule has 0 aliphatic carbocycles. The summed E-state index contributed by atoms with van der Waals surface area (Å²) in [6.45, 7) is 2.19. The zero-order valence-corrected chi connectivity index (χ0v) is 11.1. The van der Waals surface area contributed by atoms with E-state index in [2.05, 4.69) is 4.98 Å². The molecular weight excluding hydrogens is 271 g/mol. The van der Waals surface area contributed by atoms with Gasteiger partial charge in [0.2, 0.25) is 0 Å². The quantitative estimate of drug-likeness (QED) is 0.939. The summed E-state index contributed by atoms with van der Waals surface area (Å²) in [7, 11) is 0. The summed E-state index contributed by atoms with van der Waals surface area (Å²) < 4.78 is 41.4. The van der Waals surface area contributed by atoms with Gasteiger partial charge in [-0.3, -0.25) is 4.79 Å². The number of aromatic nitrogens is 1. The Morgan fingerprint density at radius 1 is 1.30 bits per heavy atom. The van der Waals surface area contributed by atoms with Crippen molar-refractivity contribution in [2.45, 2.75) is 26.4 Å². The van der Waals surface area contributed by atoms with E-state index >= 15 is 0 Å². The molecular formula is C14H14F3NO2. The number of pyridine rings is 1. The molecule has 0 saturated heterocycles. The predicted molar refractivity (Wildman–Crippen MR) is 70.2 cm³/mol. The lowest BCUT2D eigenvalue weighted by molar-refractivity contribution is -0.153. The number of aromatic amines is 1. The first-order valence-electron chi connectivity index (χ1n) is 6.17. The van der Waals surface area contributed by atoms with Gasteiger partial charge < -0.3 is 9.72 Å². The van der Waals surface area contributed by atoms with Crippen LogP contribution in [0, 0.1) is 6.92 Å². The molecule has 0 saturated carbocycles. The second-order valence-corrected chi connectivity index (χ2v) is 4.49. The monoisotopic (exact) mass is 285 g/mol. The fourth-order valence-corrected chi connectivity index (χ4v) is 2.15. The van der Waals surface area contributed by atoms with E-state index in [9.17, 15) is 18.0 Å². The maximum atomic E-state index is 12.2. The molecule has 3 nitrogen and oxygen atoms in total. The summed E-state index contributed by atoms with van der Waals surface area (Å²) in [5.74, 6) is 0.0303. The molecule has 1 aromatic carbocycles. The Bertz CT molecular complexity index is 689. The van der Waals surface area contributed by atoms with Gasteiger partial charge in [0.25, 0.3) is 0 Å². The molecule has 0 spiro atoms. The maximum absolute atomic E-state index is 12.2. The number of H-pyrrole nitrogens is 1. The highest BCUT2D eigenvalue weighted by molar-refractivity contribution is 5.85. The number of rotatable bonds is 3. The van der Waals surface area contributed by atoms with Crippen molar-refractivity contribution in [1.82, 2.24) is 4.98 Å². The highest BCUT2D eigenvalue weighted by atomic mass is 19.4. The van der Waals surface area contributed by atoms with E-state index in [1.807, 2.05) is 6.92 Å². The minimum absolute atomic E-state index is 0.0303. The van der Waals surface area contributed by atoms with Gasteiger partial charge >= 0.3 is 6.18 Å². The fourth-order valence-electron chi connectivity index (χ4n) is 2.15. The standard InChI is InChI=1S/C14H14F3NO2/c1-3-9-8(2)18-12-10(13(9)19)5-4-6-11(12)20-7-14(15,16)17/h4-6H,3,7H2,1-2H3,(H,18,19). The maximum Gasteiger partial charge on any atom is 0.422 e. The van der Waals surface area contributed by atoms with Crippen molar-refractivity contribution < 1.29 is 17.9 Å². The molecule has 20 heavy (non-hydrogen) atoms. The van der Waals surface area contributed by atoms with Gasteiger partial charge in [-0.1, -0.05) is 13.0 Å². The average molecular weight is 285 g/mol. The summed E-state index contributed by atoms with van der Waals surface area (Å²) in [6, 6.07) is 4.50. The summed E-state index contributed by atoms with van der Waals surface area (Å²) in [5, 5.41) is 0.340. The molecule has 0 atom stereocenters. The number of para-hydroxylation sites is 1. The van der Waals surface area contributed by atoms with Crippen molar-refractivity contribution in [2.24, 2.45) is 0 Å². The Kier molecular flexibility index (Phi) is 3.74. The number of ether oxygens (including phenoxy) is 1. The van der Waals surface area contributed by atoms with Crippen LogP contribution >= 0.6 is 0 Å². The molecule has 6 heteroatoms. The van der Waals surface area contributed by atoms with E-state index in [0.29, 0.717) is 28.6 Å². The number of aryl methyl sites for hydroxylation is 1. The molecule has 1 N–H and O–H groups in total. The zero-order valence-electron chi connectivity index (χ0n) is 11.1. The second kappa shape index (κ2) is 5.19. The molecule has 0 radical (unpaired) electrons. The topological polar surface area (TPSA) is 42.1 Å². The third-order valence-corrected chi connectivity index (χ3v) is 3.05. The van der Waals surface area contributed by atoms with Gasteiger partial charge in [-0.05, 0) is 25.5 Å². The van der Waals surface area contributed by atoms with Crippen molar-refractivity contribution in [2.75, 3.05) is 6.61 Å². The largest absolute Gasteiger partial charge is 0.482 e. The second-order valence-electron chi connectivity index (χ2n) is 4.49. The van der Waals surface area contributed by atoms with Gasteiger partial charge in [0.15, 0.2) is 12.0 Å². The van der Waals surface area contributed by atoms with Gasteiger partial charge in [-0.25, -0.2) is 0 Å². The van der Waals surface area contributed by atoms with E-state index in [-0.39, 0.29) is 11.2 Å². The van der Waals surface area contributed by atoms with E-state index in [1.165, 1.54) is 12.1 Å². The Hall–Kier alpha value is -1.98. The first kappa shape index (κ1) is 14.4. The van der Waals surface area contributed by atoms with E-state index in [1.54, 1.807) is 13.0 Å². The van der Waals surface area contributed by atoms with Crippen molar-refractivity contribution in [3.63, 3.8) is 0 Å². The van der Waals surface area contributed by atoms with Crippen LogP contribution in [0.15, 0.2) is 23.0 Å². The van der Waals surface area contributed by atoms with Crippen LogP contribution in [0.3, 0.4) is 0 Å². The van der Waals surface area contributed by atoms with Crippen LogP contribution in [0.2, 0.25) is 0 Å².